The van der Waals surface area contributed by atoms with Crippen molar-refractivity contribution in [3.8, 4) is 23.0 Å². The first-order valence-corrected chi connectivity index (χ1v) is 22.2. The lowest BCUT2D eigenvalue weighted by Gasteiger charge is -2.30. The molecule has 0 radical (unpaired) electrons. The maximum atomic E-state index is 13.3. The highest BCUT2D eigenvalue weighted by molar-refractivity contribution is 7.53. The second-order valence-electron chi connectivity index (χ2n) is 16.5. The summed E-state index contributed by atoms with van der Waals surface area (Å²) < 4.78 is 36.2. The summed E-state index contributed by atoms with van der Waals surface area (Å²) in [6.45, 7) is 20.6. The number of Topliss-reactive ketones (excluding diaryl/α,β-unsaturated/α-hetero) is 1. The molecule has 5 aromatic rings. The zero-order valence-corrected chi connectivity index (χ0v) is 37.2. The number of aromatic hydroxyl groups is 2. The van der Waals surface area contributed by atoms with Crippen LogP contribution in [0.25, 0.3) is 0 Å². The fraction of sp³-hybridized carbons (Fsp3) is 0.380. The van der Waals surface area contributed by atoms with Crippen LogP contribution in [-0.4, -0.2) is 35.6 Å². The number of aryl methyl sites for hydroxylation is 5. The minimum atomic E-state index is -3.38. The third-order valence-electron chi connectivity index (χ3n) is 10.7. The number of carbonyl (C=O) groups is 1. The lowest BCUT2D eigenvalue weighted by atomic mass is 9.93. The lowest BCUT2D eigenvalue weighted by molar-refractivity contribution is -0.118. The van der Waals surface area contributed by atoms with Crippen molar-refractivity contribution in [1.29, 1.82) is 0 Å². The Labute approximate surface area is 351 Å². The number of benzene rings is 5. The number of hydrogen-bond donors (Lipinski definition) is 2. The summed E-state index contributed by atoms with van der Waals surface area (Å²) >= 11 is 0. The van der Waals surface area contributed by atoms with Crippen LogP contribution in [0.3, 0.4) is 0 Å². The highest BCUT2D eigenvalue weighted by Gasteiger charge is 2.35. The second-order valence-corrected chi connectivity index (χ2v) is 18.5. The number of rotatable bonds is 13. The van der Waals surface area contributed by atoms with Crippen molar-refractivity contribution >= 4 is 13.4 Å². The quantitative estimate of drug-likeness (QED) is 0.113. The molecule has 8 nitrogen and oxygen atoms in total. The zero-order valence-electron chi connectivity index (χ0n) is 36.3. The van der Waals surface area contributed by atoms with Crippen LogP contribution in [0.15, 0.2) is 84.9 Å². The van der Waals surface area contributed by atoms with Crippen molar-refractivity contribution < 1.29 is 38.1 Å². The molecule has 314 valence electrons. The van der Waals surface area contributed by atoms with Gasteiger partial charge in [0.05, 0.1) is 12.7 Å². The van der Waals surface area contributed by atoms with E-state index in [2.05, 4.69) is 73.6 Å². The summed E-state index contributed by atoms with van der Waals surface area (Å²) in [5, 5.41) is 20.1. The maximum Gasteiger partial charge on any atom is 0.368 e. The first-order chi connectivity index (χ1) is 27.9. The van der Waals surface area contributed by atoms with E-state index in [9.17, 15) is 19.6 Å². The largest absolute Gasteiger partial charge is 0.508 e. The molecule has 2 atom stereocenters. The van der Waals surface area contributed by atoms with Crippen molar-refractivity contribution in [3.05, 3.63) is 152 Å². The van der Waals surface area contributed by atoms with E-state index in [1.54, 1.807) is 12.1 Å². The number of carbonyl (C=O) groups excluding carboxylic acids is 1. The van der Waals surface area contributed by atoms with Crippen molar-refractivity contribution in [3.63, 3.8) is 0 Å². The number of ketones is 1. The summed E-state index contributed by atoms with van der Waals surface area (Å²) in [6.07, 6.45) is 1.86. The van der Waals surface area contributed by atoms with Gasteiger partial charge in [-0.1, -0.05) is 81.8 Å². The van der Waals surface area contributed by atoms with Crippen molar-refractivity contribution in [2.75, 3.05) is 19.6 Å². The highest BCUT2D eigenvalue weighted by Crippen LogP contribution is 2.56. The van der Waals surface area contributed by atoms with Crippen molar-refractivity contribution in [1.82, 2.24) is 0 Å². The molecule has 0 aliphatic carbocycles. The van der Waals surface area contributed by atoms with E-state index in [1.807, 2.05) is 61.5 Å². The van der Waals surface area contributed by atoms with Crippen LogP contribution in [-0.2, 0) is 31.2 Å². The van der Waals surface area contributed by atoms with Gasteiger partial charge < -0.3 is 24.2 Å². The predicted molar refractivity (Wildman–Crippen MR) is 237 cm³/mol. The maximum absolute atomic E-state index is 13.3. The van der Waals surface area contributed by atoms with Crippen LogP contribution in [0.1, 0.15) is 126 Å². The highest BCUT2D eigenvalue weighted by atomic mass is 31.2. The molecule has 1 aliphatic rings. The number of phenols is 2. The van der Waals surface area contributed by atoms with Gasteiger partial charge in [-0.05, 0) is 164 Å². The summed E-state index contributed by atoms with van der Waals surface area (Å²) in [4.78, 5) is 11.1. The van der Waals surface area contributed by atoms with Crippen LogP contribution in [0.2, 0.25) is 0 Å². The molecule has 59 heavy (non-hydrogen) atoms. The van der Waals surface area contributed by atoms with Crippen molar-refractivity contribution in [2.24, 2.45) is 0 Å². The van der Waals surface area contributed by atoms with Gasteiger partial charge in [-0.15, -0.1) is 0 Å². The Kier molecular flexibility index (Phi) is 15.3. The monoisotopic (exact) mass is 820 g/mol. The molecule has 9 heteroatoms. The normalized spacial score (nSPS) is 16.4. The summed E-state index contributed by atoms with van der Waals surface area (Å²) in [6, 6.07) is 27.6. The predicted octanol–water partition coefficient (Wildman–Crippen LogP) is 12.4. The number of phenolic OH excluding ortho intramolecular Hbond substituents is 2. The Balaban J connectivity index is 0.000000241. The number of ether oxygens (including phenoxy) is 2. The lowest BCUT2D eigenvalue weighted by Crippen LogP contribution is -2.17. The molecule has 0 spiro atoms. The van der Waals surface area contributed by atoms with Crippen LogP contribution < -0.4 is 9.47 Å². The molecule has 2 N–H and O–H groups in total. The molecular formula is C50H61O8P. The van der Waals surface area contributed by atoms with Gasteiger partial charge in [0, 0.05) is 6.42 Å². The summed E-state index contributed by atoms with van der Waals surface area (Å²) in [5.74, 6) is 2.64. The zero-order chi connectivity index (χ0) is 43.0. The van der Waals surface area contributed by atoms with Gasteiger partial charge in [-0.25, -0.2) is 0 Å². The SMILES string of the molecule is CC(=O)COc1cc(C)c(Cc2ccc(O)c(C(C)C)c2)c(C)c1.Cc1cccc(C2CCOP(=O)(COc3cc(C)c(Cc4ccc(O)c(C(C)C)c4)c(C)c3)O2)c1. The fourth-order valence-electron chi connectivity index (χ4n) is 7.47. The molecule has 1 aliphatic heterocycles. The van der Waals surface area contributed by atoms with Gasteiger partial charge in [0.1, 0.15) is 29.6 Å². The van der Waals surface area contributed by atoms with Gasteiger partial charge in [0.15, 0.2) is 12.1 Å². The Morgan fingerprint density at radius 2 is 1.20 bits per heavy atom. The molecule has 1 fully saturated rings. The van der Waals surface area contributed by atoms with E-state index in [0.717, 1.165) is 68.7 Å². The molecule has 0 amide bonds. The topological polar surface area (TPSA) is 112 Å². The average Bonchev–Trinajstić information content (AvgIpc) is 3.17. The molecule has 0 saturated carbocycles. The van der Waals surface area contributed by atoms with Gasteiger partial charge in [-0.3, -0.25) is 13.9 Å². The third kappa shape index (κ3) is 12.3. The Bertz CT molecular complexity index is 2260. The van der Waals surface area contributed by atoms with E-state index < -0.39 is 7.60 Å². The smallest absolute Gasteiger partial charge is 0.368 e. The molecule has 0 aromatic heterocycles. The molecular weight excluding hydrogens is 760 g/mol. The molecule has 0 bridgehead atoms. The first kappa shape index (κ1) is 45.2. The Hall–Kier alpha value is -4.88. The van der Waals surface area contributed by atoms with Crippen LogP contribution in [0, 0.1) is 34.6 Å². The van der Waals surface area contributed by atoms with Gasteiger partial charge >= 0.3 is 7.60 Å². The van der Waals surface area contributed by atoms with Crippen molar-refractivity contribution in [2.45, 2.75) is 106 Å². The molecule has 1 heterocycles. The van der Waals surface area contributed by atoms with E-state index in [-0.39, 0.29) is 36.7 Å². The standard InChI is InChI=1S/C29H35O5P.C21H26O3/c1-19(2)26-16-23(9-10-28(26)30)17-27-21(4)14-25(15-22(27)5)32-18-35(31)33-12-11-29(34-35)24-8-6-7-20(3)13-24;1-13(2)19-10-17(6-7-21(19)23)11-20-14(3)8-18(9-15(20)4)24-12-16(5)22/h6-10,13-16,19,29-30H,11-12,17-18H2,1-5H3;6-10,13,23H,11-12H2,1-5H3. The Morgan fingerprint density at radius 3 is 1.66 bits per heavy atom. The average molecular weight is 821 g/mol. The van der Waals surface area contributed by atoms with E-state index in [1.165, 1.54) is 23.6 Å². The van der Waals surface area contributed by atoms with Gasteiger partial charge in [0.25, 0.3) is 0 Å². The summed E-state index contributed by atoms with van der Waals surface area (Å²) in [7, 11) is -3.38. The molecule has 2 unspecified atom stereocenters. The Morgan fingerprint density at radius 1 is 0.712 bits per heavy atom. The van der Waals surface area contributed by atoms with Crippen LogP contribution in [0.4, 0.5) is 0 Å². The van der Waals surface area contributed by atoms with Gasteiger partial charge in [-0.2, -0.15) is 0 Å². The molecule has 6 rings (SSSR count). The fourth-order valence-corrected chi connectivity index (χ4v) is 8.97. The summed E-state index contributed by atoms with van der Waals surface area (Å²) in [5.41, 5.74) is 13.4. The molecule has 5 aromatic carbocycles. The minimum absolute atomic E-state index is 0.0136. The van der Waals surface area contributed by atoms with E-state index in [4.69, 9.17) is 18.5 Å². The molecule has 1 saturated heterocycles. The second kappa shape index (κ2) is 19.9. The first-order valence-electron chi connectivity index (χ1n) is 20.5. The van der Waals surface area contributed by atoms with Crippen LogP contribution >= 0.6 is 7.60 Å². The van der Waals surface area contributed by atoms with Crippen LogP contribution in [0.5, 0.6) is 23.0 Å². The van der Waals surface area contributed by atoms with E-state index >= 15 is 0 Å². The minimum Gasteiger partial charge on any atom is -0.508 e. The number of hydrogen-bond acceptors (Lipinski definition) is 8. The van der Waals surface area contributed by atoms with Gasteiger partial charge in [0.2, 0.25) is 0 Å². The third-order valence-corrected chi connectivity index (χ3v) is 12.3. The van der Waals surface area contributed by atoms with E-state index in [0.29, 0.717) is 30.3 Å².